The van der Waals surface area contributed by atoms with E-state index in [4.69, 9.17) is 5.73 Å². The summed E-state index contributed by atoms with van der Waals surface area (Å²) in [4.78, 5) is 8.30. The predicted molar refractivity (Wildman–Crippen MR) is 73.0 cm³/mol. The molecule has 1 heterocycles. The second kappa shape index (κ2) is 7.09. The van der Waals surface area contributed by atoms with Gasteiger partial charge in [0.1, 0.15) is 5.82 Å². The van der Waals surface area contributed by atoms with Gasteiger partial charge in [0.05, 0.1) is 0 Å². The zero-order valence-electron chi connectivity index (χ0n) is 11.2. The molecule has 0 amide bonds. The Hall–Kier alpha value is -1.32. The lowest BCUT2D eigenvalue weighted by Crippen LogP contribution is -2.20. The van der Waals surface area contributed by atoms with E-state index in [1.165, 1.54) is 32.1 Å². The van der Waals surface area contributed by atoms with Crippen LogP contribution in [0.1, 0.15) is 51.6 Å². The first-order chi connectivity index (χ1) is 8.15. The van der Waals surface area contributed by atoms with Gasteiger partial charge >= 0.3 is 0 Å². The minimum Gasteiger partial charge on any atom is -0.368 e. The van der Waals surface area contributed by atoms with Gasteiger partial charge in [0.15, 0.2) is 0 Å². The van der Waals surface area contributed by atoms with E-state index in [1.54, 1.807) is 0 Å². The maximum absolute atomic E-state index is 5.65. The molecule has 0 spiro atoms. The fourth-order valence-corrected chi connectivity index (χ4v) is 1.96. The van der Waals surface area contributed by atoms with Gasteiger partial charge in [0.2, 0.25) is 5.95 Å². The first-order valence-electron chi connectivity index (χ1n) is 6.53. The smallest absolute Gasteiger partial charge is 0.222 e. The molecule has 0 aromatic carbocycles. The summed E-state index contributed by atoms with van der Waals surface area (Å²) in [6.07, 6.45) is 6.02. The maximum atomic E-state index is 5.65. The number of nitrogens with one attached hydrogen (secondary N) is 1. The van der Waals surface area contributed by atoms with Crippen molar-refractivity contribution in [2.45, 2.75) is 58.9 Å². The number of hydrogen-bond acceptors (Lipinski definition) is 4. The number of anilines is 2. The molecule has 1 aromatic heterocycles. The van der Waals surface area contributed by atoms with Gasteiger partial charge in [-0.1, -0.05) is 33.1 Å². The van der Waals surface area contributed by atoms with Crippen LogP contribution < -0.4 is 11.1 Å². The van der Waals surface area contributed by atoms with E-state index in [0.29, 0.717) is 12.0 Å². The van der Waals surface area contributed by atoms with Crippen LogP contribution in [-0.2, 0) is 0 Å². The molecule has 0 saturated heterocycles. The highest BCUT2D eigenvalue weighted by Gasteiger charge is 2.08. The molecule has 0 fully saturated rings. The van der Waals surface area contributed by atoms with Crippen LogP contribution in [0.3, 0.4) is 0 Å². The summed E-state index contributed by atoms with van der Waals surface area (Å²) in [7, 11) is 0. The number of nitrogens with zero attached hydrogens (tertiary/aromatic N) is 2. The van der Waals surface area contributed by atoms with Crippen LogP contribution in [-0.4, -0.2) is 16.0 Å². The van der Waals surface area contributed by atoms with Crippen molar-refractivity contribution in [2.75, 3.05) is 11.1 Å². The van der Waals surface area contributed by atoms with E-state index >= 15 is 0 Å². The first kappa shape index (κ1) is 13.7. The third-order valence-corrected chi connectivity index (χ3v) is 2.77. The number of aromatic nitrogens is 2. The number of aryl methyl sites for hydroxylation is 1. The summed E-state index contributed by atoms with van der Waals surface area (Å²) in [6, 6.07) is 2.44. The fourth-order valence-electron chi connectivity index (χ4n) is 1.96. The van der Waals surface area contributed by atoms with Crippen molar-refractivity contribution in [2.24, 2.45) is 0 Å². The standard InChI is InChI=1S/C13H24N4/c1-4-6-8-11(7-5-2)16-12-9-10(3)15-13(14)17-12/h9,11H,4-8H2,1-3H3,(H3,14,15,16,17). The van der Waals surface area contributed by atoms with Gasteiger partial charge in [-0.3, -0.25) is 0 Å². The lowest BCUT2D eigenvalue weighted by Gasteiger charge is -2.18. The molecule has 17 heavy (non-hydrogen) atoms. The SMILES string of the molecule is CCCCC(CCC)Nc1cc(C)nc(N)n1. The normalized spacial score (nSPS) is 12.4. The second-order valence-electron chi connectivity index (χ2n) is 4.52. The van der Waals surface area contributed by atoms with Crippen LogP contribution in [0.15, 0.2) is 6.07 Å². The number of nitrogens with two attached hydrogens (primary N) is 1. The third-order valence-electron chi connectivity index (χ3n) is 2.77. The zero-order chi connectivity index (χ0) is 12.7. The Balaban J connectivity index is 2.63. The van der Waals surface area contributed by atoms with Gasteiger partial charge in [0, 0.05) is 17.8 Å². The van der Waals surface area contributed by atoms with Crippen LogP contribution >= 0.6 is 0 Å². The van der Waals surface area contributed by atoms with E-state index in [-0.39, 0.29) is 0 Å². The van der Waals surface area contributed by atoms with Crippen LogP contribution in [0, 0.1) is 6.92 Å². The molecular weight excluding hydrogens is 212 g/mol. The van der Waals surface area contributed by atoms with Crippen molar-refractivity contribution >= 4 is 11.8 Å². The quantitative estimate of drug-likeness (QED) is 0.763. The molecule has 0 saturated carbocycles. The average Bonchev–Trinajstić information content (AvgIpc) is 2.24. The Bertz CT molecular complexity index is 318. The van der Waals surface area contributed by atoms with Crippen molar-refractivity contribution < 1.29 is 0 Å². The Kier molecular flexibility index (Phi) is 5.73. The van der Waals surface area contributed by atoms with E-state index in [9.17, 15) is 0 Å². The summed E-state index contributed by atoms with van der Waals surface area (Å²) in [6.45, 7) is 6.36. The van der Waals surface area contributed by atoms with E-state index in [1.807, 2.05) is 13.0 Å². The van der Waals surface area contributed by atoms with Crippen LogP contribution in [0.25, 0.3) is 0 Å². The molecule has 1 aromatic rings. The molecule has 4 heteroatoms. The molecule has 96 valence electrons. The van der Waals surface area contributed by atoms with E-state index < -0.39 is 0 Å². The number of nitrogen functional groups attached to an aromatic ring is 1. The highest BCUT2D eigenvalue weighted by atomic mass is 15.1. The zero-order valence-corrected chi connectivity index (χ0v) is 11.2. The lowest BCUT2D eigenvalue weighted by molar-refractivity contribution is 0.563. The topological polar surface area (TPSA) is 63.8 Å². The number of unbranched alkanes of at least 4 members (excludes halogenated alkanes) is 1. The summed E-state index contributed by atoms with van der Waals surface area (Å²) in [5.74, 6) is 1.20. The molecule has 0 aliphatic carbocycles. The molecule has 1 atom stereocenters. The number of hydrogen-bond donors (Lipinski definition) is 2. The Morgan fingerprint density at radius 2 is 2.00 bits per heavy atom. The van der Waals surface area contributed by atoms with E-state index in [0.717, 1.165) is 11.5 Å². The van der Waals surface area contributed by atoms with Crippen molar-refractivity contribution in [3.05, 3.63) is 11.8 Å². The Labute approximate surface area is 104 Å². The van der Waals surface area contributed by atoms with Gasteiger partial charge in [0.25, 0.3) is 0 Å². The van der Waals surface area contributed by atoms with Crippen molar-refractivity contribution in [3.63, 3.8) is 0 Å². The van der Waals surface area contributed by atoms with Crippen LogP contribution in [0.5, 0.6) is 0 Å². The van der Waals surface area contributed by atoms with Crippen molar-refractivity contribution in [3.8, 4) is 0 Å². The van der Waals surface area contributed by atoms with Gasteiger partial charge < -0.3 is 11.1 Å². The highest BCUT2D eigenvalue weighted by molar-refractivity contribution is 5.40. The highest BCUT2D eigenvalue weighted by Crippen LogP contribution is 2.14. The minimum absolute atomic E-state index is 0.346. The Morgan fingerprint density at radius 1 is 1.24 bits per heavy atom. The molecule has 1 rings (SSSR count). The fraction of sp³-hybridized carbons (Fsp3) is 0.692. The molecule has 0 aliphatic rings. The largest absolute Gasteiger partial charge is 0.368 e. The van der Waals surface area contributed by atoms with Gasteiger partial charge in [-0.2, -0.15) is 4.98 Å². The molecule has 4 nitrogen and oxygen atoms in total. The van der Waals surface area contributed by atoms with Gasteiger partial charge in [-0.05, 0) is 19.8 Å². The predicted octanol–water partition coefficient (Wildman–Crippen LogP) is 3.14. The van der Waals surface area contributed by atoms with Crippen molar-refractivity contribution in [1.82, 2.24) is 9.97 Å². The minimum atomic E-state index is 0.346. The molecule has 1 unspecified atom stereocenters. The van der Waals surface area contributed by atoms with Crippen LogP contribution in [0.4, 0.5) is 11.8 Å². The average molecular weight is 236 g/mol. The van der Waals surface area contributed by atoms with E-state index in [2.05, 4.69) is 29.1 Å². The van der Waals surface area contributed by atoms with Gasteiger partial charge in [-0.15, -0.1) is 0 Å². The summed E-state index contributed by atoms with van der Waals surface area (Å²) < 4.78 is 0. The molecule has 3 N–H and O–H groups in total. The van der Waals surface area contributed by atoms with Crippen molar-refractivity contribution in [1.29, 1.82) is 0 Å². The number of rotatable bonds is 7. The monoisotopic (exact) mass is 236 g/mol. The molecular formula is C13H24N4. The lowest BCUT2D eigenvalue weighted by atomic mass is 10.1. The summed E-state index contributed by atoms with van der Waals surface area (Å²) in [5.41, 5.74) is 6.56. The molecule has 0 radical (unpaired) electrons. The maximum Gasteiger partial charge on any atom is 0.222 e. The molecule has 0 bridgehead atoms. The summed E-state index contributed by atoms with van der Waals surface area (Å²) >= 11 is 0. The van der Waals surface area contributed by atoms with Gasteiger partial charge in [-0.25, -0.2) is 4.98 Å². The Morgan fingerprint density at radius 3 is 2.59 bits per heavy atom. The second-order valence-corrected chi connectivity index (χ2v) is 4.52. The third kappa shape index (κ3) is 5.02. The summed E-state index contributed by atoms with van der Waals surface area (Å²) in [5, 5.41) is 3.47. The first-order valence-corrected chi connectivity index (χ1v) is 6.53. The van der Waals surface area contributed by atoms with Crippen LogP contribution in [0.2, 0.25) is 0 Å². The molecule has 0 aliphatic heterocycles.